The molecule has 1 heterocycles. The number of likely N-dealkylation sites (tertiary alicyclic amines) is 1. The molecule has 43 valence electrons. The zero-order valence-electron chi connectivity index (χ0n) is 4.85. The standard InChI is InChI=1S/C6H8NO/c1-5-3-4-6(8)7(5)2/h1H,3-4H2,2H3. The van der Waals surface area contributed by atoms with Gasteiger partial charge < -0.3 is 4.90 Å². The number of amides is 1. The summed E-state index contributed by atoms with van der Waals surface area (Å²) in [5, 5.41) is 0. The zero-order chi connectivity index (χ0) is 6.15. The van der Waals surface area contributed by atoms with Gasteiger partial charge in [0, 0.05) is 19.2 Å². The van der Waals surface area contributed by atoms with Crippen molar-refractivity contribution in [2.45, 2.75) is 12.8 Å². The third kappa shape index (κ3) is 0.619. The van der Waals surface area contributed by atoms with Gasteiger partial charge in [0.15, 0.2) is 0 Å². The summed E-state index contributed by atoms with van der Waals surface area (Å²) in [7, 11) is 1.70. The predicted octanol–water partition coefficient (Wildman–Crippen LogP) is 0.555. The molecule has 1 rings (SSSR count). The maximum absolute atomic E-state index is 10.6. The van der Waals surface area contributed by atoms with Crippen LogP contribution in [0.2, 0.25) is 0 Å². The van der Waals surface area contributed by atoms with Crippen LogP contribution in [-0.4, -0.2) is 17.9 Å². The van der Waals surface area contributed by atoms with Crippen LogP contribution in [-0.2, 0) is 4.79 Å². The monoisotopic (exact) mass is 110 g/mol. The fraction of sp³-hybridized carbons (Fsp3) is 0.500. The first kappa shape index (κ1) is 5.35. The highest BCUT2D eigenvalue weighted by Crippen LogP contribution is 2.16. The van der Waals surface area contributed by atoms with Crippen molar-refractivity contribution in [3.63, 3.8) is 0 Å². The Morgan fingerprint density at radius 3 is 2.38 bits per heavy atom. The van der Waals surface area contributed by atoms with Gasteiger partial charge in [-0.15, -0.1) is 0 Å². The number of nitrogens with zero attached hydrogens (tertiary/aromatic N) is 1. The Kier molecular flexibility index (Phi) is 1.08. The van der Waals surface area contributed by atoms with E-state index in [1.165, 1.54) is 4.90 Å². The number of carbonyl (C=O) groups is 1. The second-order valence-electron chi connectivity index (χ2n) is 1.94. The van der Waals surface area contributed by atoms with Crippen LogP contribution in [0.5, 0.6) is 0 Å². The average Bonchev–Trinajstić information content (AvgIpc) is 1.98. The van der Waals surface area contributed by atoms with Crippen LogP contribution in [0, 0.1) is 6.58 Å². The molecule has 8 heavy (non-hydrogen) atoms. The Bertz CT molecular complexity index is 123. The third-order valence-electron chi connectivity index (χ3n) is 1.40. The van der Waals surface area contributed by atoms with E-state index >= 15 is 0 Å². The molecule has 1 radical (unpaired) electrons. The predicted molar refractivity (Wildman–Crippen MR) is 29.8 cm³/mol. The molecule has 2 heteroatoms. The van der Waals surface area contributed by atoms with Gasteiger partial charge in [0.05, 0.1) is 0 Å². The molecule has 0 saturated carbocycles. The third-order valence-corrected chi connectivity index (χ3v) is 1.40. The Labute approximate surface area is 48.8 Å². The highest BCUT2D eigenvalue weighted by Gasteiger charge is 2.19. The van der Waals surface area contributed by atoms with Gasteiger partial charge in [-0.2, -0.15) is 0 Å². The molecule has 0 aromatic heterocycles. The molecule has 0 atom stereocenters. The summed E-state index contributed by atoms with van der Waals surface area (Å²) in [5.74, 6) is 0.127. The van der Waals surface area contributed by atoms with Crippen molar-refractivity contribution in [2.24, 2.45) is 0 Å². The lowest BCUT2D eigenvalue weighted by Crippen LogP contribution is -2.16. The Morgan fingerprint density at radius 1 is 1.62 bits per heavy atom. The van der Waals surface area contributed by atoms with Gasteiger partial charge in [-0.1, -0.05) is 0 Å². The van der Waals surface area contributed by atoms with Gasteiger partial charge in [0.1, 0.15) is 0 Å². The van der Waals surface area contributed by atoms with E-state index in [1.54, 1.807) is 7.05 Å². The quantitative estimate of drug-likeness (QED) is 0.446. The van der Waals surface area contributed by atoms with Crippen LogP contribution in [0.1, 0.15) is 12.8 Å². The van der Waals surface area contributed by atoms with Gasteiger partial charge in [-0.25, -0.2) is 0 Å². The smallest absolute Gasteiger partial charge is 0.226 e. The molecular weight excluding hydrogens is 102 g/mol. The summed E-state index contributed by atoms with van der Waals surface area (Å²) in [6, 6.07) is 0. The number of allylic oxidation sites excluding steroid dienone is 1. The number of hydrogen-bond donors (Lipinski definition) is 0. The minimum Gasteiger partial charge on any atom is -0.319 e. The second kappa shape index (κ2) is 1.62. The lowest BCUT2D eigenvalue weighted by atomic mass is 10.3. The number of carbonyl (C=O) groups excluding carboxylic acids is 1. The largest absolute Gasteiger partial charge is 0.319 e. The first-order valence-corrected chi connectivity index (χ1v) is 2.59. The lowest BCUT2D eigenvalue weighted by molar-refractivity contribution is -0.125. The lowest BCUT2D eigenvalue weighted by Gasteiger charge is -2.06. The summed E-state index contributed by atoms with van der Waals surface area (Å²) in [4.78, 5) is 12.1. The van der Waals surface area contributed by atoms with E-state index in [9.17, 15) is 4.79 Å². The van der Waals surface area contributed by atoms with E-state index in [0.717, 1.165) is 6.42 Å². The van der Waals surface area contributed by atoms with E-state index in [4.69, 9.17) is 6.58 Å². The molecule has 1 aliphatic rings. The van der Waals surface area contributed by atoms with E-state index in [-0.39, 0.29) is 5.91 Å². The SMILES string of the molecule is [CH]=C1CCC(=O)N1C. The highest BCUT2D eigenvalue weighted by molar-refractivity contribution is 5.80. The van der Waals surface area contributed by atoms with Gasteiger partial charge in [0.2, 0.25) is 5.91 Å². The van der Waals surface area contributed by atoms with Gasteiger partial charge in [-0.05, 0) is 13.0 Å². The van der Waals surface area contributed by atoms with Crippen molar-refractivity contribution >= 4 is 5.91 Å². The fourth-order valence-electron chi connectivity index (χ4n) is 0.731. The number of hydrogen-bond acceptors (Lipinski definition) is 1. The average molecular weight is 110 g/mol. The summed E-state index contributed by atoms with van der Waals surface area (Å²) in [6.45, 7) is 5.39. The van der Waals surface area contributed by atoms with Crippen molar-refractivity contribution in [2.75, 3.05) is 7.05 Å². The molecular formula is C6H8NO. The molecule has 0 N–H and O–H groups in total. The van der Waals surface area contributed by atoms with Gasteiger partial charge >= 0.3 is 0 Å². The molecule has 0 aromatic rings. The van der Waals surface area contributed by atoms with Crippen molar-refractivity contribution in [3.8, 4) is 0 Å². The molecule has 1 fully saturated rings. The van der Waals surface area contributed by atoms with Crippen LogP contribution >= 0.6 is 0 Å². The maximum atomic E-state index is 10.6. The minimum atomic E-state index is 0.127. The van der Waals surface area contributed by atoms with E-state index < -0.39 is 0 Å². The van der Waals surface area contributed by atoms with Crippen molar-refractivity contribution in [3.05, 3.63) is 12.3 Å². The van der Waals surface area contributed by atoms with E-state index in [0.29, 0.717) is 12.1 Å². The van der Waals surface area contributed by atoms with Crippen LogP contribution in [0.4, 0.5) is 0 Å². The summed E-state index contributed by atoms with van der Waals surface area (Å²) < 4.78 is 0. The topological polar surface area (TPSA) is 20.3 Å². The van der Waals surface area contributed by atoms with Crippen LogP contribution < -0.4 is 0 Å². The minimum absolute atomic E-state index is 0.127. The van der Waals surface area contributed by atoms with Crippen molar-refractivity contribution < 1.29 is 4.79 Å². The zero-order valence-corrected chi connectivity index (χ0v) is 4.85. The molecule has 2 nitrogen and oxygen atoms in total. The van der Waals surface area contributed by atoms with Crippen LogP contribution in [0.3, 0.4) is 0 Å². The van der Waals surface area contributed by atoms with Crippen LogP contribution in [0.15, 0.2) is 5.70 Å². The molecule has 0 aliphatic carbocycles. The Morgan fingerprint density at radius 2 is 2.25 bits per heavy atom. The first-order valence-electron chi connectivity index (χ1n) is 2.59. The van der Waals surface area contributed by atoms with Gasteiger partial charge in [-0.3, -0.25) is 4.79 Å². The molecule has 1 saturated heterocycles. The summed E-state index contributed by atoms with van der Waals surface area (Å²) >= 11 is 0. The fourth-order valence-corrected chi connectivity index (χ4v) is 0.731. The van der Waals surface area contributed by atoms with E-state index in [1.807, 2.05) is 0 Å². The molecule has 0 bridgehead atoms. The van der Waals surface area contributed by atoms with Gasteiger partial charge in [0.25, 0.3) is 0 Å². The molecule has 1 aliphatic heterocycles. The number of rotatable bonds is 0. The Balaban J connectivity index is 2.70. The van der Waals surface area contributed by atoms with Crippen molar-refractivity contribution in [1.82, 2.24) is 4.90 Å². The Hall–Kier alpha value is -0.790. The summed E-state index contributed by atoms with van der Waals surface area (Å²) in [5.41, 5.74) is 0.690. The molecule has 0 spiro atoms. The van der Waals surface area contributed by atoms with E-state index in [2.05, 4.69) is 0 Å². The second-order valence-corrected chi connectivity index (χ2v) is 1.94. The highest BCUT2D eigenvalue weighted by atomic mass is 16.2. The van der Waals surface area contributed by atoms with Crippen LogP contribution in [0.25, 0.3) is 0 Å². The van der Waals surface area contributed by atoms with Crippen molar-refractivity contribution in [1.29, 1.82) is 0 Å². The maximum Gasteiger partial charge on any atom is 0.226 e. The molecule has 1 amide bonds. The molecule has 0 aromatic carbocycles. The normalized spacial score (nSPS) is 20.4. The summed E-state index contributed by atoms with van der Waals surface area (Å²) in [6.07, 6.45) is 1.32. The first-order chi connectivity index (χ1) is 3.72. The molecule has 0 unspecified atom stereocenters.